The van der Waals surface area contributed by atoms with Gasteiger partial charge >= 0.3 is 12.1 Å². The number of alkyl halides is 5. The Bertz CT molecular complexity index is 1330. The number of halogens is 5. The van der Waals surface area contributed by atoms with Crippen molar-refractivity contribution in [2.24, 2.45) is 7.05 Å². The number of aromatic nitrogens is 3. The highest BCUT2D eigenvalue weighted by Gasteiger charge is 2.48. The molecule has 1 amide bonds. The van der Waals surface area contributed by atoms with E-state index in [2.05, 4.69) is 10.4 Å². The molecule has 0 aliphatic carbocycles. The maximum Gasteiger partial charge on any atom is 0.416 e. The Hall–Kier alpha value is -3.43. The summed E-state index contributed by atoms with van der Waals surface area (Å²) in [6.07, 6.45) is -3.32. The van der Waals surface area contributed by atoms with Crippen molar-refractivity contribution in [3.05, 3.63) is 59.8 Å². The summed E-state index contributed by atoms with van der Waals surface area (Å²) in [4.78, 5) is 11.5. The molecule has 1 fully saturated rings. The number of hydrogen-bond acceptors (Lipinski definition) is 2. The molecule has 160 valence electrons. The van der Waals surface area contributed by atoms with Gasteiger partial charge in [0.1, 0.15) is 0 Å². The Kier molecular flexibility index (Phi) is 3.96. The third-order valence-electron chi connectivity index (χ3n) is 5.53. The number of fused-ring (bicyclic) bond motifs is 3. The number of rotatable bonds is 2. The van der Waals surface area contributed by atoms with Crippen LogP contribution in [0.4, 0.5) is 22.0 Å². The number of amides is 1. The summed E-state index contributed by atoms with van der Waals surface area (Å²) in [5, 5.41) is 8.16. The lowest BCUT2D eigenvalue weighted by Gasteiger charge is -2.12. The Morgan fingerprint density at radius 2 is 1.81 bits per heavy atom. The largest absolute Gasteiger partial charge is 0.416 e. The normalized spacial score (nSPS) is 18.8. The lowest BCUT2D eigenvalue weighted by Crippen LogP contribution is -2.28. The maximum atomic E-state index is 13.7. The molecule has 1 atom stereocenters. The van der Waals surface area contributed by atoms with Gasteiger partial charge < -0.3 is 5.32 Å². The molecule has 1 unspecified atom stereocenters. The number of nitrogens with one attached hydrogen (secondary N) is 1. The Morgan fingerprint density at radius 1 is 1.10 bits per heavy atom. The minimum atomic E-state index is -4.44. The molecule has 0 radical (unpaired) electrons. The van der Waals surface area contributed by atoms with E-state index in [9.17, 15) is 26.7 Å². The summed E-state index contributed by atoms with van der Waals surface area (Å²) in [6, 6.07) is 8.95. The van der Waals surface area contributed by atoms with Crippen LogP contribution in [-0.2, 0) is 18.0 Å². The zero-order valence-electron chi connectivity index (χ0n) is 16.0. The molecule has 4 aromatic rings. The van der Waals surface area contributed by atoms with Gasteiger partial charge in [-0.3, -0.25) is 14.0 Å². The van der Waals surface area contributed by atoms with Gasteiger partial charge in [-0.15, -0.1) is 0 Å². The van der Waals surface area contributed by atoms with Crippen molar-refractivity contribution >= 4 is 27.8 Å². The predicted molar refractivity (Wildman–Crippen MR) is 103 cm³/mol. The number of aryl methyl sites for hydroxylation is 1. The Labute approximate surface area is 172 Å². The summed E-state index contributed by atoms with van der Waals surface area (Å²) in [5.74, 6) is -4.72. The van der Waals surface area contributed by atoms with E-state index in [1.54, 1.807) is 40.7 Å². The number of nitrogens with zero attached hydrogens (tertiary/aromatic N) is 3. The monoisotopic (exact) mass is 434 g/mol. The maximum absolute atomic E-state index is 13.7. The van der Waals surface area contributed by atoms with Crippen LogP contribution >= 0.6 is 0 Å². The van der Waals surface area contributed by atoms with E-state index in [-0.39, 0.29) is 0 Å². The van der Waals surface area contributed by atoms with E-state index in [4.69, 9.17) is 0 Å². The fourth-order valence-electron chi connectivity index (χ4n) is 4.05. The average molecular weight is 434 g/mol. The molecular formula is C21H15F5N4O. The average Bonchev–Trinajstić information content (AvgIpc) is 3.30. The smallest absolute Gasteiger partial charge is 0.344 e. The van der Waals surface area contributed by atoms with Crippen molar-refractivity contribution in [3.63, 3.8) is 0 Å². The molecule has 1 aliphatic rings. The molecule has 1 saturated heterocycles. The molecule has 1 N–H and O–H groups in total. The van der Waals surface area contributed by atoms with Gasteiger partial charge in [-0.2, -0.15) is 27.1 Å². The van der Waals surface area contributed by atoms with Crippen molar-refractivity contribution in [3.8, 4) is 5.69 Å². The van der Waals surface area contributed by atoms with Crippen LogP contribution < -0.4 is 5.32 Å². The van der Waals surface area contributed by atoms with Crippen LogP contribution in [0.5, 0.6) is 0 Å². The minimum absolute atomic E-state index is 0.486. The van der Waals surface area contributed by atoms with Gasteiger partial charge in [-0.05, 0) is 42.0 Å². The van der Waals surface area contributed by atoms with Crippen LogP contribution in [0.1, 0.15) is 23.6 Å². The quantitative estimate of drug-likeness (QED) is 0.464. The molecule has 1 aliphatic heterocycles. The first-order chi connectivity index (χ1) is 14.5. The number of carbonyl (C=O) groups excluding carboxylic acids is 1. The first-order valence-electron chi connectivity index (χ1n) is 9.39. The topological polar surface area (TPSA) is 51.9 Å². The van der Waals surface area contributed by atoms with Crippen molar-refractivity contribution < 1.29 is 26.7 Å². The number of hydrogen-bond donors (Lipinski definition) is 1. The number of carbonyl (C=O) groups is 1. The molecule has 2 aromatic heterocycles. The van der Waals surface area contributed by atoms with Crippen molar-refractivity contribution in [2.75, 3.05) is 0 Å². The lowest BCUT2D eigenvalue weighted by atomic mass is 10.0. The van der Waals surface area contributed by atoms with Crippen LogP contribution in [0.3, 0.4) is 0 Å². The molecule has 5 rings (SSSR count). The zero-order chi connectivity index (χ0) is 22.1. The van der Waals surface area contributed by atoms with Crippen LogP contribution in [0, 0.1) is 0 Å². The summed E-state index contributed by atoms with van der Waals surface area (Å²) in [6.45, 7) is 0. The lowest BCUT2D eigenvalue weighted by molar-refractivity contribution is -0.139. The molecule has 0 spiro atoms. The predicted octanol–water partition coefficient (Wildman–Crippen LogP) is 4.73. The van der Waals surface area contributed by atoms with Gasteiger partial charge in [0, 0.05) is 36.1 Å². The van der Waals surface area contributed by atoms with Gasteiger partial charge in [-0.25, -0.2) is 0 Å². The second kappa shape index (κ2) is 6.29. The third kappa shape index (κ3) is 3.05. The van der Waals surface area contributed by atoms with Crippen LogP contribution in [0.2, 0.25) is 0 Å². The third-order valence-corrected chi connectivity index (χ3v) is 5.53. The highest BCUT2D eigenvalue weighted by molar-refractivity contribution is 6.08. The van der Waals surface area contributed by atoms with E-state index in [0.29, 0.717) is 27.8 Å². The highest BCUT2D eigenvalue weighted by Crippen LogP contribution is 2.38. The van der Waals surface area contributed by atoms with Gasteiger partial charge in [-0.1, -0.05) is 6.07 Å². The van der Waals surface area contributed by atoms with Crippen LogP contribution in [0.15, 0.2) is 48.7 Å². The minimum Gasteiger partial charge on any atom is -0.344 e. The molecule has 10 heteroatoms. The van der Waals surface area contributed by atoms with E-state index < -0.39 is 36.0 Å². The molecule has 0 bridgehead atoms. The summed E-state index contributed by atoms with van der Waals surface area (Å²) in [7, 11) is 1.71. The van der Waals surface area contributed by atoms with E-state index in [1.807, 2.05) is 0 Å². The van der Waals surface area contributed by atoms with E-state index in [0.717, 1.165) is 17.5 Å². The van der Waals surface area contributed by atoms with Crippen molar-refractivity contribution in [1.29, 1.82) is 0 Å². The molecular weight excluding hydrogens is 419 g/mol. The molecule has 0 saturated carbocycles. The highest BCUT2D eigenvalue weighted by atomic mass is 19.4. The fraction of sp³-hybridized carbons (Fsp3) is 0.238. The summed E-state index contributed by atoms with van der Waals surface area (Å²) in [5.41, 5.74) is 1.44. The zero-order valence-corrected chi connectivity index (χ0v) is 16.0. The standard InChI is InChI=1S/C21H15F5N4O/c1-29-10-15-14-8-11(16-9-20(22,23)19(31)27-16)2-7-17(14)30(18(15)28-29)13-5-3-12(4-6-13)21(24,25)26/h2-8,10,16H,9H2,1H3,(H,27,31). The summed E-state index contributed by atoms with van der Waals surface area (Å²) < 4.78 is 69.5. The van der Waals surface area contributed by atoms with Gasteiger partial charge in [0.2, 0.25) is 0 Å². The Morgan fingerprint density at radius 3 is 2.42 bits per heavy atom. The second-order valence-electron chi connectivity index (χ2n) is 7.63. The SMILES string of the molecule is Cn1cc2c3cc(C4CC(F)(F)C(=O)N4)ccc3n(-c3ccc(C(F)(F)F)cc3)c2n1. The van der Waals surface area contributed by atoms with Gasteiger partial charge in [0.15, 0.2) is 5.65 Å². The molecule has 3 heterocycles. The first kappa shape index (κ1) is 19.5. The van der Waals surface area contributed by atoms with Crippen molar-refractivity contribution in [2.45, 2.75) is 24.6 Å². The fourth-order valence-corrected chi connectivity index (χ4v) is 4.05. The molecule has 31 heavy (non-hydrogen) atoms. The first-order valence-corrected chi connectivity index (χ1v) is 9.39. The number of benzene rings is 2. The Balaban J connectivity index is 1.66. The van der Waals surface area contributed by atoms with Crippen LogP contribution in [-0.4, -0.2) is 26.2 Å². The van der Waals surface area contributed by atoms with Gasteiger partial charge in [0.25, 0.3) is 5.91 Å². The van der Waals surface area contributed by atoms with Crippen LogP contribution in [0.25, 0.3) is 27.6 Å². The van der Waals surface area contributed by atoms with E-state index >= 15 is 0 Å². The second-order valence-corrected chi connectivity index (χ2v) is 7.63. The van der Waals surface area contributed by atoms with E-state index in [1.165, 1.54) is 12.1 Å². The molecule has 5 nitrogen and oxygen atoms in total. The molecule has 2 aromatic carbocycles. The summed E-state index contributed by atoms with van der Waals surface area (Å²) >= 11 is 0. The van der Waals surface area contributed by atoms with Crippen molar-refractivity contribution in [1.82, 2.24) is 19.7 Å². The van der Waals surface area contributed by atoms with Gasteiger partial charge in [0.05, 0.1) is 17.1 Å².